The smallest absolute Gasteiger partial charge is 0.246 e. The lowest BCUT2D eigenvalue weighted by Gasteiger charge is -2.11. The Morgan fingerprint density at radius 2 is 0.714 bits per heavy atom. The lowest BCUT2D eigenvalue weighted by molar-refractivity contribution is 0.655. The molecule has 6 nitrogen and oxygen atoms in total. The lowest BCUT2D eigenvalue weighted by Crippen LogP contribution is -2.00. The van der Waals surface area contributed by atoms with Crippen LogP contribution in [0.15, 0.2) is 217 Å². The van der Waals surface area contributed by atoms with Crippen molar-refractivity contribution in [2.75, 3.05) is 0 Å². The fraction of sp³-hybridized carbons (Fsp3) is 0. The fourth-order valence-electron chi connectivity index (χ4n) is 8.53. The molecule has 294 valence electrons. The summed E-state index contributed by atoms with van der Waals surface area (Å²) in [6.45, 7) is 0. The molecule has 0 spiro atoms. The highest BCUT2D eigenvalue weighted by molar-refractivity contribution is 6.18. The van der Waals surface area contributed by atoms with E-state index in [4.69, 9.17) is 29.3 Å². The van der Waals surface area contributed by atoms with Crippen molar-refractivity contribution in [3.05, 3.63) is 212 Å². The summed E-state index contributed by atoms with van der Waals surface area (Å²) < 4.78 is 6.19. The highest BCUT2D eigenvalue weighted by atomic mass is 16.3. The van der Waals surface area contributed by atoms with Crippen molar-refractivity contribution >= 4 is 44.0 Å². The molecule has 0 aliphatic rings. The molecule has 12 rings (SSSR count). The average molecular weight is 806 g/mol. The van der Waals surface area contributed by atoms with Gasteiger partial charge < -0.3 is 4.42 Å². The first-order chi connectivity index (χ1) is 31.2. The third-order valence-electron chi connectivity index (χ3n) is 11.7. The summed E-state index contributed by atoms with van der Waals surface area (Å²) >= 11 is 0. The molecule has 0 aliphatic heterocycles. The summed E-state index contributed by atoms with van der Waals surface area (Å²) in [5.74, 6) is 1.88. The molecule has 12 aromatic rings. The fourth-order valence-corrected chi connectivity index (χ4v) is 8.53. The predicted octanol–water partition coefficient (Wildman–Crippen LogP) is 14.5. The van der Waals surface area contributed by atoms with E-state index < -0.39 is 0 Å². The summed E-state index contributed by atoms with van der Waals surface area (Å²) in [4.78, 5) is 24.8. The van der Waals surface area contributed by atoms with Gasteiger partial charge in [0.25, 0.3) is 0 Å². The van der Waals surface area contributed by atoms with Crippen molar-refractivity contribution in [2.24, 2.45) is 0 Å². The molecule has 0 aliphatic carbocycles. The van der Waals surface area contributed by atoms with Crippen molar-refractivity contribution in [1.29, 1.82) is 0 Å². The van der Waals surface area contributed by atoms with E-state index in [0.29, 0.717) is 23.2 Å². The lowest BCUT2D eigenvalue weighted by atomic mass is 9.94. The predicted molar refractivity (Wildman–Crippen MR) is 256 cm³/mol. The maximum atomic E-state index is 6.19. The first kappa shape index (κ1) is 36.3. The van der Waals surface area contributed by atoms with E-state index in [1.807, 2.05) is 66.7 Å². The summed E-state index contributed by atoms with van der Waals surface area (Å²) in [5.41, 5.74) is 15.6. The van der Waals surface area contributed by atoms with Gasteiger partial charge in [0.15, 0.2) is 17.5 Å². The summed E-state index contributed by atoms with van der Waals surface area (Å²) in [6, 6.07) is 73.5. The maximum absolute atomic E-state index is 6.19. The second-order valence-electron chi connectivity index (χ2n) is 15.7. The third kappa shape index (κ3) is 6.76. The average Bonchev–Trinajstić information content (AvgIpc) is 3.74. The van der Waals surface area contributed by atoms with Gasteiger partial charge in [-0.05, 0) is 97.7 Å². The maximum Gasteiger partial charge on any atom is 0.246 e. The first-order valence-corrected chi connectivity index (χ1v) is 21.0. The molecule has 0 saturated heterocycles. The van der Waals surface area contributed by atoms with Gasteiger partial charge in [-0.1, -0.05) is 170 Å². The molecule has 3 aromatic heterocycles. The highest BCUT2D eigenvalue weighted by Crippen LogP contribution is 2.37. The van der Waals surface area contributed by atoms with Crippen molar-refractivity contribution in [1.82, 2.24) is 24.9 Å². The van der Waals surface area contributed by atoms with Gasteiger partial charge in [0.1, 0.15) is 11.1 Å². The minimum atomic E-state index is 0.556. The molecule has 0 radical (unpaired) electrons. The van der Waals surface area contributed by atoms with Gasteiger partial charge in [-0.3, -0.25) is 0 Å². The van der Waals surface area contributed by atoms with Crippen LogP contribution in [-0.4, -0.2) is 24.9 Å². The van der Waals surface area contributed by atoms with E-state index in [9.17, 15) is 0 Å². The monoisotopic (exact) mass is 805 g/mol. The van der Waals surface area contributed by atoms with Crippen LogP contribution in [0.5, 0.6) is 0 Å². The molecule has 6 heteroatoms. The van der Waals surface area contributed by atoms with Crippen LogP contribution in [0.25, 0.3) is 123 Å². The number of rotatable bonds is 7. The largest absolute Gasteiger partial charge is 0.436 e. The summed E-state index contributed by atoms with van der Waals surface area (Å²) in [6.07, 6.45) is 0. The minimum Gasteiger partial charge on any atom is -0.436 e. The number of benzene rings is 9. The minimum absolute atomic E-state index is 0.556. The molecule has 0 unspecified atom stereocenters. The van der Waals surface area contributed by atoms with Gasteiger partial charge in [-0.2, -0.15) is 0 Å². The molecule has 0 amide bonds. The zero-order valence-corrected chi connectivity index (χ0v) is 33.9. The number of hydrogen-bond acceptors (Lipinski definition) is 6. The topological polar surface area (TPSA) is 77.6 Å². The number of hydrogen-bond donors (Lipinski definition) is 0. The molecule has 0 atom stereocenters. The standard InChI is InChI=1S/C57H35N5O/c1-3-12-36(13-4-1)37-24-26-39(27-25-37)55-60-54(38-14-5-2-6-15-38)61-56(62-55)47-21-11-20-44(35-47)42-18-9-16-40(32-42)41-17-10-19-43(33-41)45-28-30-48-46(34-45)29-31-51-52(48)53-57(63-51)59-50-23-8-7-22-49(50)58-53/h1-35H. The first-order valence-electron chi connectivity index (χ1n) is 21.0. The van der Waals surface area contributed by atoms with Crippen LogP contribution in [0.3, 0.4) is 0 Å². The zero-order valence-electron chi connectivity index (χ0n) is 33.9. The van der Waals surface area contributed by atoms with Crippen LogP contribution in [0.4, 0.5) is 0 Å². The molecule has 0 saturated carbocycles. The van der Waals surface area contributed by atoms with Crippen LogP contribution in [-0.2, 0) is 0 Å². The van der Waals surface area contributed by atoms with Crippen LogP contribution in [0, 0.1) is 0 Å². The number of nitrogens with zero attached hydrogens (tertiary/aromatic N) is 5. The van der Waals surface area contributed by atoms with Crippen molar-refractivity contribution in [3.63, 3.8) is 0 Å². The Morgan fingerprint density at radius 1 is 0.286 bits per heavy atom. The second kappa shape index (κ2) is 15.1. The summed E-state index contributed by atoms with van der Waals surface area (Å²) in [7, 11) is 0. The molecule has 0 N–H and O–H groups in total. The number of fused-ring (bicyclic) bond motifs is 6. The normalized spacial score (nSPS) is 11.5. The number of furan rings is 1. The second-order valence-corrected chi connectivity index (χ2v) is 15.7. The van der Waals surface area contributed by atoms with Gasteiger partial charge in [0.05, 0.1) is 16.4 Å². The third-order valence-corrected chi connectivity index (χ3v) is 11.7. The molecule has 3 heterocycles. The number of aromatic nitrogens is 5. The quantitative estimate of drug-likeness (QED) is 0.160. The van der Waals surface area contributed by atoms with Gasteiger partial charge in [0, 0.05) is 16.7 Å². The van der Waals surface area contributed by atoms with E-state index in [0.717, 1.165) is 93.9 Å². The van der Waals surface area contributed by atoms with Crippen LogP contribution >= 0.6 is 0 Å². The number of para-hydroxylation sites is 2. The van der Waals surface area contributed by atoms with E-state index in [1.165, 1.54) is 5.56 Å². The van der Waals surface area contributed by atoms with Crippen LogP contribution < -0.4 is 0 Å². The van der Waals surface area contributed by atoms with Crippen molar-refractivity contribution in [3.8, 4) is 78.7 Å². The van der Waals surface area contributed by atoms with Gasteiger partial charge in [-0.15, -0.1) is 0 Å². The summed E-state index contributed by atoms with van der Waals surface area (Å²) in [5, 5.41) is 3.20. The van der Waals surface area contributed by atoms with E-state index in [2.05, 4.69) is 146 Å². The Kier molecular flexibility index (Phi) is 8.71. The van der Waals surface area contributed by atoms with Crippen molar-refractivity contribution < 1.29 is 4.42 Å². The Bertz CT molecular complexity index is 3680. The van der Waals surface area contributed by atoms with Gasteiger partial charge in [-0.25, -0.2) is 24.9 Å². The van der Waals surface area contributed by atoms with Crippen LogP contribution in [0.2, 0.25) is 0 Å². The van der Waals surface area contributed by atoms with Gasteiger partial charge in [0.2, 0.25) is 5.71 Å². The highest BCUT2D eigenvalue weighted by Gasteiger charge is 2.16. The van der Waals surface area contributed by atoms with Crippen molar-refractivity contribution in [2.45, 2.75) is 0 Å². The Hall–Kier alpha value is -8.61. The zero-order chi connectivity index (χ0) is 41.7. The van der Waals surface area contributed by atoms with E-state index in [1.54, 1.807) is 0 Å². The van der Waals surface area contributed by atoms with Gasteiger partial charge >= 0.3 is 0 Å². The molecule has 0 fully saturated rings. The van der Waals surface area contributed by atoms with Crippen LogP contribution in [0.1, 0.15) is 0 Å². The molecular formula is C57H35N5O. The van der Waals surface area contributed by atoms with E-state index in [-0.39, 0.29) is 0 Å². The Morgan fingerprint density at radius 3 is 1.33 bits per heavy atom. The SMILES string of the molecule is c1ccc(-c2ccc(-c3nc(-c4ccccc4)nc(-c4cccc(-c5cccc(-c6cccc(-c7ccc8c(ccc9oc%10nc%11ccccc%11nc%10c98)c7)c6)c5)c4)n3)cc2)cc1. The molecule has 9 aromatic carbocycles. The molecular weight excluding hydrogens is 771 g/mol. The molecule has 63 heavy (non-hydrogen) atoms. The molecule has 0 bridgehead atoms. The Labute approximate surface area is 362 Å². The Balaban J connectivity index is 0.872. The van der Waals surface area contributed by atoms with E-state index >= 15 is 0 Å².